The molecule has 0 aliphatic carbocycles. The molecule has 2 aromatic rings. The van der Waals surface area contributed by atoms with E-state index in [1.54, 1.807) is 43.3 Å². The Morgan fingerprint density at radius 3 is 2.57 bits per heavy atom. The average molecular weight is 483 g/mol. The Kier molecular flexibility index (Phi) is 7.83. The lowest BCUT2D eigenvalue weighted by atomic mass is 9.93. The number of aryl methyl sites for hydroxylation is 1. The van der Waals surface area contributed by atoms with Crippen LogP contribution >= 0.6 is 0 Å². The van der Waals surface area contributed by atoms with E-state index in [0.717, 1.165) is 19.6 Å². The summed E-state index contributed by atoms with van der Waals surface area (Å²) in [5.41, 5.74) is 1.17. The number of aliphatic hydroxyl groups is 1. The van der Waals surface area contributed by atoms with Gasteiger partial charge in [-0.15, -0.1) is 0 Å². The van der Waals surface area contributed by atoms with Gasteiger partial charge in [-0.2, -0.15) is 0 Å². The number of likely N-dealkylation sites (tertiary alicyclic amines) is 1. The van der Waals surface area contributed by atoms with Gasteiger partial charge in [0, 0.05) is 37.3 Å². The Morgan fingerprint density at radius 1 is 1.14 bits per heavy atom. The molecule has 7 nitrogen and oxygen atoms in total. The van der Waals surface area contributed by atoms with E-state index in [1.165, 1.54) is 11.0 Å². The van der Waals surface area contributed by atoms with Gasteiger partial charge in [-0.05, 0) is 50.1 Å². The number of morpholine rings is 1. The number of rotatable bonds is 8. The molecular formula is C27H31FN2O5. The van der Waals surface area contributed by atoms with Crippen molar-refractivity contribution >= 4 is 17.4 Å². The van der Waals surface area contributed by atoms with E-state index in [0.29, 0.717) is 43.1 Å². The first-order chi connectivity index (χ1) is 16.9. The molecule has 2 heterocycles. The van der Waals surface area contributed by atoms with E-state index in [4.69, 9.17) is 9.47 Å². The summed E-state index contributed by atoms with van der Waals surface area (Å²) < 4.78 is 25.8. The highest BCUT2D eigenvalue weighted by molar-refractivity contribution is 6.46. The fourth-order valence-electron chi connectivity index (χ4n) is 4.72. The number of hydrogen-bond acceptors (Lipinski definition) is 6. The monoisotopic (exact) mass is 482 g/mol. The molecule has 1 unspecified atom stereocenters. The van der Waals surface area contributed by atoms with Crippen molar-refractivity contribution in [1.29, 1.82) is 0 Å². The van der Waals surface area contributed by atoms with Crippen LogP contribution in [0.1, 0.15) is 36.1 Å². The average Bonchev–Trinajstić information content (AvgIpc) is 3.10. The summed E-state index contributed by atoms with van der Waals surface area (Å²) in [7, 11) is 0. The van der Waals surface area contributed by atoms with Crippen LogP contribution in [0.3, 0.4) is 0 Å². The van der Waals surface area contributed by atoms with Crippen molar-refractivity contribution in [2.75, 3.05) is 46.0 Å². The summed E-state index contributed by atoms with van der Waals surface area (Å²) in [5, 5.41) is 11.3. The van der Waals surface area contributed by atoms with Crippen LogP contribution in [0.2, 0.25) is 0 Å². The minimum absolute atomic E-state index is 0.0984. The fourth-order valence-corrected chi connectivity index (χ4v) is 4.72. The zero-order valence-corrected chi connectivity index (χ0v) is 20.1. The van der Waals surface area contributed by atoms with Crippen molar-refractivity contribution in [2.45, 2.75) is 26.3 Å². The van der Waals surface area contributed by atoms with Crippen LogP contribution in [0.25, 0.3) is 5.76 Å². The van der Waals surface area contributed by atoms with E-state index in [1.807, 2.05) is 6.92 Å². The zero-order chi connectivity index (χ0) is 24.9. The molecule has 2 saturated heterocycles. The predicted molar refractivity (Wildman–Crippen MR) is 130 cm³/mol. The summed E-state index contributed by atoms with van der Waals surface area (Å²) in [6.45, 7) is 8.11. The van der Waals surface area contributed by atoms with Crippen molar-refractivity contribution in [2.24, 2.45) is 0 Å². The van der Waals surface area contributed by atoms with E-state index in [2.05, 4.69) is 4.90 Å². The van der Waals surface area contributed by atoms with E-state index in [-0.39, 0.29) is 23.4 Å². The van der Waals surface area contributed by atoms with Crippen LogP contribution in [0.15, 0.2) is 48.0 Å². The van der Waals surface area contributed by atoms with Gasteiger partial charge in [0.2, 0.25) is 0 Å². The molecule has 1 N–H and O–H groups in total. The molecule has 4 rings (SSSR count). The first kappa shape index (κ1) is 24.9. The number of hydrogen-bond donors (Lipinski definition) is 1. The van der Waals surface area contributed by atoms with Gasteiger partial charge in [0.25, 0.3) is 11.7 Å². The largest absolute Gasteiger partial charge is 0.507 e. The lowest BCUT2D eigenvalue weighted by Crippen LogP contribution is -2.39. The van der Waals surface area contributed by atoms with Gasteiger partial charge in [0.15, 0.2) is 0 Å². The molecule has 186 valence electrons. The maximum absolute atomic E-state index is 14.9. The highest BCUT2D eigenvalue weighted by Crippen LogP contribution is 2.41. The molecule has 2 aromatic carbocycles. The normalized spacial score (nSPS) is 20.4. The molecule has 0 bridgehead atoms. The minimum Gasteiger partial charge on any atom is -0.507 e. The smallest absolute Gasteiger partial charge is 0.295 e. The maximum Gasteiger partial charge on any atom is 0.295 e. The molecule has 0 spiro atoms. The standard InChI is InChI=1S/C27H31FN2O5/c1-3-35-19-9-10-20(18(2)17-19)25(31)23-24(21-7-4-5-8-22(21)28)30(27(33)26(23)32)12-6-11-29-13-15-34-16-14-29/h4-5,7-10,17,24,31H,3,6,11-16H2,1-2H3/b25-23+. The minimum atomic E-state index is -1.01. The molecule has 1 atom stereocenters. The SMILES string of the molecule is CCOc1ccc(/C(O)=C2\C(=O)C(=O)N(CCCN3CCOCC3)C2c2ccccc2F)c(C)c1. The van der Waals surface area contributed by atoms with E-state index < -0.39 is 23.5 Å². The molecular weight excluding hydrogens is 451 g/mol. The van der Waals surface area contributed by atoms with Gasteiger partial charge in [0.05, 0.1) is 31.4 Å². The van der Waals surface area contributed by atoms with Crippen LogP contribution in [0.4, 0.5) is 4.39 Å². The Balaban J connectivity index is 1.70. The van der Waals surface area contributed by atoms with E-state index in [9.17, 15) is 19.1 Å². The van der Waals surface area contributed by atoms with Crippen LogP contribution < -0.4 is 4.74 Å². The second-order valence-electron chi connectivity index (χ2n) is 8.73. The number of ketones is 1. The number of nitrogens with zero attached hydrogens (tertiary/aromatic N) is 2. The number of carbonyl (C=O) groups excluding carboxylic acids is 2. The van der Waals surface area contributed by atoms with Crippen LogP contribution in [-0.2, 0) is 14.3 Å². The van der Waals surface area contributed by atoms with Crippen LogP contribution in [0, 0.1) is 12.7 Å². The first-order valence-electron chi connectivity index (χ1n) is 12.0. The highest BCUT2D eigenvalue weighted by Gasteiger charge is 2.46. The van der Waals surface area contributed by atoms with Gasteiger partial charge in [-0.1, -0.05) is 18.2 Å². The number of benzene rings is 2. The van der Waals surface area contributed by atoms with Crippen molar-refractivity contribution < 1.29 is 28.6 Å². The molecule has 1 amide bonds. The second kappa shape index (κ2) is 11.0. The number of Topliss-reactive ketones (excluding diaryl/α,β-unsaturated/α-hetero) is 1. The predicted octanol–water partition coefficient (Wildman–Crippen LogP) is 3.68. The third-order valence-corrected chi connectivity index (χ3v) is 6.48. The Bertz CT molecular complexity index is 1130. The van der Waals surface area contributed by atoms with Gasteiger partial charge in [0.1, 0.15) is 17.3 Å². The zero-order valence-electron chi connectivity index (χ0n) is 20.1. The number of aliphatic hydroxyl groups excluding tert-OH is 1. The van der Waals surface area contributed by atoms with Gasteiger partial charge in [-0.25, -0.2) is 4.39 Å². The Morgan fingerprint density at radius 2 is 1.89 bits per heavy atom. The lowest BCUT2D eigenvalue weighted by molar-refractivity contribution is -0.140. The third kappa shape index (κ3) is 5.23. The first-order valence-corrected chi connectivity index (χ1v) is 12.0. The Hall–Kier alpha value is -3.23. The van der Waals surface area contributed by atoms with Crippen LogP contribution in [-0.4, -0.2) is 72.6 Å². The van der Waals surface area contributed by atoms with Gasteiger partial charge in [-0.3, -0.25) is 14.5 Å². The second-order valence-corrected chi connectivity index (χ2v) is 8.73. The molecule has 0 aromatic heterocycles. The fraction of sp³-hybridized carbons (Fsp3) is 0.407. The van der Waals surface area contributed by atoms with Crippen LogP contribution in [0.5, 0.6) is 5.75 Å². The summed E-state index contributed by atoms with van der Waals surface area (Å²) in [6, 6.07) is 10.2. The summed E-state index contributed by atoms with van der Waals surface area (Å²) in [6.07, 6.45) is 0.611. The van der Waals surface area contributed by atoms with E-state index >= 15 is 0 Å². The third-order valence-electron chi connectivity index (χ3n) is 6.48. The van der Waals surface area contributed by atoms with Crippen molar-refractivity contribution in [3.8, 4) is 5.75 Å². The summed E-state index contributed by atoms with van der Waals surface area (Å²) in [4.78, 5) is 29.9. The maximum atomic E-state index is 14.9. The molecule has 0 radical (unpaired) electrons. The molecule has 8 heteroatoms. The van der Waals surface area contributed by atoms with Crippen molar-refractivity contribution in [3.63, 3.8) is 0 Å². The topological polar surface area (TPSA) is 79.3 Å². The number of amides is 1. The summed E-state index contributed by atoms with van der Waals surface area (Å²) in [5.74, 6) is -1.75. The molecule has 2 aliphatic heterocycles. The molecule has 2 fully saturated rings. The quantitative estimate of drug-likeness (QED) is 0.351. The number of carbonyl (C=O) groups is 2. The lowest BCUT2D eigenvalue weighted by Gasteiger charge is -2.29. The number of halogens is 1. The number of ether oxygens (including phenoxy) is 2. The molecule has 0 saturated carbocycles. The molecule has 35 heavy (non-hydrogen) atoms. The Labute approximate surface area is 204 Å². The van der Waals surface area contributed by atoms with Gasteiger partial charge < -0.3 is 19.5 Å². The van der Waals surface area contributed by atoms with Gasteiger partial charge >= 0.3 is 0 Å². The summed E-state index contributed by atoms with van der Waals surface area (Å²) >= 11 is 0. The van der Waals surface area contributed by atoms with Crippen molar-refractivity contribution in [3.05, 3.63) is 70.5 Å². The molecule has 2 aliphatic rings. The highest BCUT2D eigenvalue weighted by atomic mass is 19.1. The van der Waals surface area contributed by atoms with Crippen molar-refractivity contribution in [1.82, 2.24) is 9.80 Å².